The second-order valence-electron chi connectivity index (χ2n) is 5.20. The highest BCUT2D eigenvalue weighted by molar-refractivity contribution is 5.82. The minimum Gasteiger partial charge on any atom is -0.343 e. The molecule has 1 amide bonds. The number of hydrogen-bond donors (Lipinski definition) is 0. The lowest BCUT2D eigenvalue weighted by Crippen LogP contribution is -2.50. The molecule has 0 aliphatic carbocycles. The summed E-state index contributed by atoms with van der Waals surface area (Å²) in [7, 11) is 0. The van der Waals surface area contributed by atoms with Crippen LogP contribution in [0.25, 0.3) is 0 Å². The van der Waals surface area contributed by atoms with Crippen molar-refractivity contribution in [2.75, 3.05) is 24.5 Å². The zero-order chi connectivity index (χ0) is 16.2. The first kappa shape index (κ1) is 14.9. The van der Waals surface area contributed by atoms with Crippen molar-refractivity contribution < 1.29 is 9.18 Å². The first-order valence-corrected chi connectivity index (χ1v) is 7.15. The van der Waals surface area contributed by atoms with Gasteiger partial charge < -0.3 is 9.80 Å². The van der Waals surface area contributed by atoms with Crippen molar-refractivity contribution in [3.05, 3.63) is 53.7 Å². The molecular weight excluding hydrogens is 297 g/mol. The SMILES string of the molecule is N#Cc1nccnc1N1CCN(Cc2ccc(F)cc2)C(=O)C1. The number of rotatable bonds is 3. The summed E-state index contributed by atoms with van der Waals surface area (Å²) in [5.41, 5.74) is 1.10. The molecule has 1 aliphatic heterocycles. The number of amides is 1. The highest BCUT2D eigenvalue weighted by Crippen LogP contribution is 2.18. The van der Waals surface area contributed by atoms with Crippen LogP contribution in [0.2, 0.25) is 0 Å². The predicted octanol–water partition coefficient (Wildman–Crippen LogP) is 1.34. The van der Waals surface area contributed by atoms with Gasteiger partial charge in [0.2, 0.25) is 5.91 Å². The van der Waals surface area contributed by atoms with Gasteiger partial charge >= 0.3 is 0 Å². The molecule has 0 saturated carbocycles. The molecule has 0 unspecified atom stereocenters. The molecule has 1 aliphatic rings. The number of benzene rings is 1. The van der Waals surface area contributed by atoms with Crippen LogP contribution in [0.1, 0.15) is 11.3 Å². The maximum Gasteiger partial charge on any atom is 0.242 e. The van der Waals surface area contributed by atoms with Gasteiger partial charge in [0.15, 0.2) is 11.5 Å². The van der Waals surface area contributed by atoms with Gasteiger partial charge in [-0.25, -0.2) is 14.4 Å². The number of nitriles is 1. The second kappa shape index (κ2) is 6.40. The Morgan fingerprint density at radius 1 is 1.17 bits per heavy atom. The van der Waals surface area contributed by atoms with Gasteiger partial charge in [-0.15, -0.1) is 0 Å². The molecule has 0 bridgehead atoms. The van der Waals surface area contributed by atoms with Crippen LogP contribution in [0.3, 0.4) is 0 Å². The summed E-state index contributed by atoms with van der Waals surface area (Å²) in [6.07, 6.45) is 2.96. The van der Waals surface area contributed by atoms with E-state index in [-0.39, 0.29) is 24.0 Å². The average Bonchev–Trinajstić information content (AvgIpc) is 2.58. The Bertz CT molecular complexity index is 756. The molecule has 2 heterocycles. The van der Waals surface area contributed by atoms with Crippen LogP contribution in [0.15, 0.2) is 36.7 Å². The van der Waals surface area contributed by atoms with Gasteiger partial charge in [-0.3, -0.25) is 4.79 Å². The number of aromatic nitrogens is 2. The van der Waals surface area contributed by atoms with Crippen molar-refractivity contribution in [3.63, 3.8) is 0 Å². The molecule has 1 fully saturated rings. The van der Waals surface area contributed by atoms with Gasteiger partial charge in [-0.2, -0.15) is 5.26 Å². The molecule has 1 aromatic heterocycles. The predicted molar refractivity (Wildman–Crippen MR) is 80.8 cm³/mol. The van der Waals surface area contributed by atoms with E-state index in [1.165, 1.54) is 24.5 Å². The van der Waals surface area contributed by atoms with Crippen molar-refractivity contribution in [3.8, 4) is 6.07 Å². The summed E-state index contributed by atoms with van der Waals surface area (Å²) >= 11 is 0. The number of anilines is 1. The van der Waals surface area contributed by atoms with Gasteiger partial charge in [0.25, 0.3) is 0 Å². The third-order valence-corrected chi connectivity index (χ3v) is 3.69. The molecule has 7 heteroatoms. The number of carbonyl (C=O) groups is 1. The summed E-state index contributed by atoms with van der Waals surface area (Å²) in [6.45, 7) is 1.67. The van der Waals surface area contributed by atoms with Crippen LogP contribution in [-0.2, 0) is 11.3 Å². The molecule has 1 aromatic carbocycles. The fraction of sp³-hybridized carbons (Fsp3) is 0.250. The van der Waals surface area contributed by atoms with Gasteiger partial charge in [-0.05, 0) is 17.7 Å². The standard InChI is InChI=1S/C16H14FN5O/c17-13-3-1-12(2-4-13)10-21-7-8-22(11-15(21)23)16-14(9-18)19-5-6-20-16/h1-6H,7-8,10-11H2. The van der Waals surface area contributed by atoms with Crippen LogP contribution in [-0.4, -0.2) is 40.4 Å². The largest absolute Gasteiger partial charge is 0.343 e. The summed E-state index contributed by atoms with van der Waals surface area (Å²) in [6, 6.07) is 8.10. The minimum atomic E-state index is -0.295. The fourth-order valence-corrected chi connectivity index (χ4v) is 2.51. The summed E-state index contributed by atoms with van der Waals surface area (Å²) in [4.78, 5) is 23.9. The number of hydrogen-bond acceptors (Lipinski definition) is 5. The van der Waals surface area contributed by atoms with Crippen molar-refractivity contribution in [2.45, 2.75) is 6.54 Å². The number of halogens is 1. The molecule has 0 atom stereocenters. The maximum atomic E-state index is 12.9. The molecule has 0 spiro atoms. The van der Waals surface area contributed by atoms with Gasteiger partial charge in [0.05, 0.1) is 6.54 Å². The number of carbonyl (C=O) groups excluding carboxylic acids is 1. The molecule has 0 radical (unpaired) electrons. The van der Waals surface area contributed by atoms with Crippen molar-refractivity contribution >= 4 is 11.7 Å². The average molecular weight is 311 g/mol. The zero-order valence-corrected chi connectivity index (χ0v) is 12.3. The maximum absolute atomic E-state index is 12.9. The molecule has 1 saturated heterocycles. The molecular formula is C16H14FN5O. The van der Waals surface area contributed by atoms with Crippen molar-refractivity contribution in [1.82, 2.24) is 14.9 Å². The van der Waals surface area contributed by atoms with E-state index in [9.17, 15) is 9.18 Å². The van der Waals surface area contributed by atoms with Crippen LogP contribution in [0.5, 0.6) is 0 Å². The van der Waals surface area contributed by atoms with E-state index in [1.54, 1.807) is 21.9 Å². The fourth-order valence-electron chi connectivity index (χ4n) is 2.51. The normalized spacial score (nSPS) is 14.7. The van der Waals surface area contributed by atoms with E-state index in [2.05, 4.69) is 9.97 Å². The molecule has 23 heavy (non-hydrogen) atoms. The number of nitrogens with zero attached hydrogens (tertiary/aromatic N) is 5. The molecule has 0 N–H and O–H groups in total. The Kier molecular flexibility index (Phi) is 4.15. The van der Waals surface area contributed by atoms with Gasteiger partial charge in [-0.1, -0.05) is 12.1 Å². The van der Waals surface area contributed by atoms with E-state index in [4.69, 9.17) is 5.26 Å². The summed E-state index contributed by atoms with van der Waals surface area (Å²) in [5, 5.41) is 9.08. The van der Waals surface area contributed by atoms with E-state index >= 15 is 0 Å². The minimum absolute atomic E-state index is 0.0601. The van der Waals surface area contributed by atoms with Gasteiger partial charge in [0.1, 0.15) is 11.9 Å². The van der Waals surface area contributed by atoms with Crippen LogP contribution >= 0.6 is 0 Å². The van der Waals surface area contributed by atoms with Crippen molar-refractivity contribution in [1.29, 1.82) is 5.26 Å². The smallest absolute Gasteiger partial charge is 0.242 e. The quantitative estimate of drug-likeness (QED) is 0.855. The zero-order valence-electron chi connectivity index (χ0n) is 12.3. The first-order valence-electron chi connectivity index (χ1n) is 7.15. The number of piperazine rings is 1. The molecule has 116 valence electrons. The Morgan fingerprint density at radius 3 is 2.61 bits per heavy atom. The Balaban J connectivity index is 1.69. The Labute approximate surface area is 132 Å². The lowest BCUT2D eigenvalue weighted by Gasteiger charge is -2.35. The van der Waals surface area contributed by atoms with E-state index in [1.807, 2.05) is 6.07 Å². The monoisotopic (exact) mass is 311 g/mol. The third kappa shape index (κ3) is 3.26. The Hall–Kier alpha value is -3.01. The third-order valence-electron chi connectivity index (χ3n) is 3.69. The Morgan fingerprint density at radius 2 is 1.91 bits per heavy atom. The summed E-state index contributed by atoms with van der Waals surface area (Å²) in [5.74, 6) is 0.0801. The first-order chi connectivity index (χ1) is 11.2. The summed E-state index contributed by atoms with van der Waals surface area (Å²) < 4.78 is 12.9. The highest BCUT2D eigenvalue weighted by atomic mass is 19.1. The molecule has 2 aromatic rings. The van der Waals surface area contributed by atoms with E-state index in [0.29, 0.717) is 25.5 Å². The molecule has 3 rings (SSSR count). The lowest BCUT2D eigenvalue weighted by molar-refractivity contribution is -0.131. The second-order valence-corrected chi connectivity index (χ2v) is 5.20. The van der Waals surface area contributed by atoms with Crippen LogP contribution < -0.4 is 4.90 Å². The van der Waals surface area contributed by atoms with Gasteiger partial charge in [0, 0.05) is 32.0 Å². The lowest BCUT2D eigenvalue weighted by atomic mass is 10.2. The highest BCUT2D eigenvalue weighted by Gasteiger charge is 2.26. The molecule has 6 nitrogen and oxygen atoms in total. The van der Waals surface area contributed by atoms with Crippen LogP contribution in [0.4, 0.5) is 10.2 Å². The van der Waals surface area contributed by atoms with Crippen LogP contribution in [0, 0.1) is 17.1 Å². The topological polar surface area (TPSA) is 73.1 Å². The van der Waals surface area contributed by atoms with Crippen molar-refractivity contribution in [2.24, 2.45) is 0 Å². The van der Waals surface area contributed by atoms with E-state index < -0.39 is 0 Å². The van der Waals surface area contributed by atoms with E-state index in [0.717, 1.165) is 5.56 Å².